The molecule has 1 aliphatic rings. The number of nitrogens with zero attached hydrogens (tertiary/aromatic N) is 5. The van der Waals surface area contributed by atoms with E-state index in [1.54, 1.807) is 24.5 Å². The number of anilines is 1. The van der Waals surface area contributed by atoms with Gasteiger partial charge in [0, 0.05) is 25.5 Å². The van der Waals surface area contributed by atoms with Gasteiger partial charge >= 0.3 is 5.69 Å². The van der Waals surface area contributed by atoms with Crippen molar-refractivity contribution in [3.8, 4) is 0 Å². The van der Waals surface area contributed by atoms with Crippen LogP contribution in [0, 0.1) is 5.82 Å². The summed E-state index contributed by atoms with van der Waals surface area (Å²) in [7, 11) is 0. The van der Waals surface area contributed by atoms with E-state index < -0.39 is 0 Å². The number of fused-ring (bicyclic) bond motifs is 2. The Hall–Kier alpha value is -3.48. The number of halogens is 1. The molecule has 28 heavy (non-hydrogen) atoms. The molecule has 6 nitrogen and oxygen atoms in total. The third kappa shape index (κ3) is 2.85. The molecule has 0 fully saturated rings. The maximum Gasteiger partial charge on any atom is 0.350 e. The Balaban J connectivity index is 1.54. The fourth-order valence-corrected chi connectivity index (χ4v) is 3.75. The molecule has 2 aromatic carbocycles. The van der Waals surface area contributed by atoms with Gasteiger partial charge in [0.25, 0.3) is 0 Å². The minimum absolute atomic E-state index is 0.209. The lowest BCUT2D eigenvalue weighted by molar-refractivity contribution is 0.615. The van der Waals surface area contributed by atoms with Crippen molar-refractivity contribution in [3.63, 3.8) is 0 Å². The second kappa shape index (κ2) is 6.60. The van der Waals surface area contributed by atoms with Gasteiger partial charge in [-0.25, -0.2) is 23.3 Å². The predicted octanol–water partition coefficient (Wildman–Crippen LogP) is 2.64. The highest BCUT2D eigenvalue weighted by Gasteiger charge is 2.21. The van der Waals surface area contributed by atoms with E-state index in [-0.39, 0.29) is 18.1 Å². The average Bonchev–Trinajstić information content (AvgIpc) is 3.03. The Morgan fingerprint density at radius 1 is 1.07 bits per heavy atom. The van der Waals surface area contributed by atoms with Crippen LogP contribution in [-0.2, 0) is 19.5 Å². The minimum Gasteiger partial charge on any atom is -0.349 e. The first-order chi connectivity index (χ1) is 13.7. The molecule has 3 heterocycles. The van der Waals surface area contributed by atoms with Crippen molar-refractivity contribution < 1.29 is 4.39 Å². The fraction of sp³-hybridized carbons (Fsp3) is 0.190. The summed E-state index contributed by atoms with van der Waals surface area (Å²) >= 11 is 0. The van der Waals surface area contributed by atoms with Crippen molar-refractivity contribution in [1.82, 2.24) is 19.2 Å². The van der Waals surface area contributed by atoms with E-state index in [0.29, 0.717) is 17.0 Å². The summed E-state index contributed by atoms with van der Waals surface area (Å²) in [6.45, 7) is 1.75. The van der Waals surface area contributed by atoms with Gasteiger partial charge < -0.3 is 4.90 Å². The van der Waals surface area contributed by atoms with E-state index in [9.17, 15) is 9.18 Å². The molecule has 0 spiro atoms. The summed E-state index contributed by atoms with van der Waals surface area (Å²) in [4.78, 5) is 19.4. The van der Waals surface area contributed by atoms with Crippen LogP contribution in [0.1, 0.15) is 16.7 Å². The second-order valence-electron chi connectivity index (χ2n) is 6.95. The quantitative estimate of drug-likeness (QED) is 0.552. The van der Waals surface area contributed by atoms with Crippen molar-refractivity contribution in [1.29, 1.82) is 0 Å². The Morgan fingerprint density at radius 3 is 2.79 bits per heavy atom. The number of rotatable bonds is 3. The van der Waals surface area contributed by atoms with Gasteiger partial charge in [0.15, 0.2) is 5.82 Å². The first-order valence-electron chi connectivity index (χ1n) is 9.19. The standard InChI is InChI=1S/C21H18FN5O/c22-18-7-3-4-15(12-18)13-27-21(28)26-11-9-23-19(20(26)24-27)25-10-8-16-5-1-2-6-17(16)14-25/h1-7,9,11-12H,8,10,13-14H2. The molecule has 7 heteroatoms. The molecule has 140 valence electrons. The molecule has 0 aliphatic carbocycles. The largest absolute Gasteiger partial charge is 0.350 e. The molecule has 0 unspecified atom stereocenters. The van der Waals surface area contributed by atoms with Crippen LogP contribution in [-0.4, -0.2) is 25.7 Å². The van der Waals surface area contributed by atoms with Crippen molar-refractivity contribution in [2.75, 3.05) is 11.4 Å². The highest BCUT2D eigenvalue weighted by atomic mass is 19.1. The maximum atomic E-state index is 13.5. The fourth-order valence-electron chi connectivity index (χ4n) is 3.75. The molecule has 0 saturated heterocycles. The zero-order valence-corrected chi connectivity index (χ0v) is 15.1. The maximum absolute atomic E-state index is 13.5. The molecule has 0 radical (unpaired) electrons. The molecule has 4 aromatic rings. The number of aromatic nitrogens is 4. The predicted molar refractivity (Wildman–Crippen MR) is 104 cm³/mol. The Labute approximate surface area is 160 Å². The molecular formula is C21H18FN5O. The van der Waals surface area contributed by atoms with E-state index in [4.69, 9.17) is 0 Å². The minimum atomic E-state index is -0.330. The van der Waals surface area contributed by atoms with Crippen LogP contribution in [0.2, 0.25) is 0 Å². The van der Waals surface area contributed by atoms with Crippen molar-refractivity contribution in [2.24, 2.45) is 0 Å². The lowest BCUT2D eigenvalue weighted by Crippen LogP contribution is -2.31. The van der Waals surface area contributed by atoms with Gasteiger partial charge in [-0.2, -0.15) is 0 Å². The zero-order valence-electron chi connectivity index (χ0n) is 15.1. The molecular weight excluding hydrogens is 357 g/mol. The van der Waals surface area contributed by atoms with Crippen molar-refractivity contribution >= 4 is 11.5 Å². The molecule has 1 aliphatic heterocycles. The lowest BCUT2D eigenvalue weighted by Gasteiger charge is -2.29. The Morgan fingerprint density at radius 2 is 1.93 bits per heavy atom. The summed E-state index contributed by atoms with van der Waals surface area (Å²) in [6.07, 6.45) is 4.17. The van der Waals surface area contributed by atoms with Gasteiger partial charge in [-0.15, -0.1) is 5.10 Å². The van der Waals surface area contributed by atoms with Crippen LogP contribution in [0.3, 0.4) is 0 Å². The van der Waals surface area contributed by atoms with Gasteiger partial charge in [0.2, 0.25) is 5.65 Å². The van der Waals surface area contributed by atoms with Crippen LogP contribution in [0.25, 0.3) is 5.65 Å². The van der Waals surface area contributed by atoms with Gasteiger partial charge in [0.05, 0.1) is 6.54 Å². The van der Waals surface area contributed by atoms with Crippen LogP contribution in [0.15, 0.2) is 65.7 Å². The first kappa shape index (κ1) is 16.7. The monoisotopic (exact) mass is 375 g/mol. The smallest absolute Gasteiger partial charge is 0.349 e. The SMILES string of the molecule is O=c1n(Cc2cccc(F)c2)nc2c(N3CCc4ccccc4C3)nccn12. The van der Waals surface area contributed by atoms with E-state index in [0.717, 1.165) is 19.5 Å². The molecule has 5 rings (SSSR count). The molecule has 0 bridgehead atoms. The number of hydrogen-bond acceptors (Lipinski definition) is 4. The molecule has 0 saturated carbocycles. The van der Waals surface area contributed by atoms with Gasteiger partial charge in [-0.05, 0) is 35.2 Å². The Bertz CT molecular complexity index is 1230. The van der Waals surface area contributed by atoms with E-state index in [2.05, 4.69) is 33.2 Å². The summed E-state index contributed by atoms with van der Waals surface area (Å²) in [6, 6.07) is 14.6. The Kier molecular flexibility index (Phi) is 3.93. The van der Waals surface area contributed by atoms with Crippen LogP contribution < -0.4 is 10.6 Å². The summed E-state index contributed by atoms with van der Waals surface area (Å²) in [5, 5.41) is 4.51. The number of hydrogen-bond donors (Lipinski definition) is 0. The van der Waals surface area contributed by atoms with Crippen LogP contribution in [0.4, 0.5) is 10.2 Å². The molecule has 0 N–H and O–H groups in total. The third-order valence-electron chi connectivity index (χ3n) is 5.13. The molecule has 0 atom stereocenters. The van der Waals surface area contributed by atoms with Crippen molar-refractivity contribution in [3.05, 3.63) is 93.9 Å². The third-order valence-corrected chi connectivity index (χ3v) is 5.13. The van der Waals surface area contributed by atoms with Crippen LogP contribution in [0.5, 0.6) is 0 Å². The number of benzene rings is 2. The van der Waals surface area contributed by atoms with Crippen LogP contribution >= 0.6 is 0 Å². The summed E-state index contributed by atoms with van der Waals surface area (Å²) in [5.41, 5.74) is 3.55. The first-order valence-corrected chi connectivity index (χ1v) is 9.19. The van der Waals surface area contributed by atoms with E-state index in [1.807, 2.05) is 6.07 Å². The van der Waals surface area contributed by atoms with E-state index in [1.165, 1.54) is 32.3 Å². The molecule has 0 amide bonds. The topological polar surface area (TPSA) is 55.4 Å². The highest BCUT2D eigenvalue weighted by Crippen LogP contribution is 2.24. The lowest BCUT2D eigenvalue weighted by atomic mass is 10.00. The van der Waals surface area contributed by atoms with Gasteiger partial charge in [0.1, 0.15) is 5.82 Å². The zero-order chi connectivity index (χ0) is 19.1. The van der Waals surface area contributed by atoms with Crippen molar-refractivity contribution in [2.45, 2.75) is 19.5 Å². The van der Waals surface area contributed by atoms with E-state index >= 15 is 0 Å². The van der Waals surface area contributed by atoms with Gasteiger partial charge in [-0.3, -0.25) is 0 Å². The second-order valence-corrected chi connectivity index (χ2v) is 6.95. The average molecular weight is 375 g/mol. The summed E-state index contributed by atoms with van der Waals surface area (Å²) in [5.74, 6) is 0.357. The molecule has 2 aromatic heterocycles. The van der Waals surface area contributed by atoms with Gasteiger partial charge in [-0.1, -0.05) is 36.4 Å². The summed E-state index contributed by atoms with van der Waals surface area (Å²) < 4.78 is 16.3. The normalized spacial score (nSPS) is 13.7. The highest BCUT2D eigenvalue weighted by molar-refractivity contribution is 5.64.